The molecule has 454 valence electrons. The molecule has 0 spiro atoms. The van der Waals surface area contributed by atoms with E-state index in [1.807, 2.05) is 69.2 Å². The topological polar surface area (TPSA) is 133 Å². The predicted molar refractivity (Wildman–Crippen MR) is 326 cm³/mol. The van der Waals surface area contributed by atoms with Crippen molar-refractivity contribution in [2.45, 2.75) is 242 Å². The van der Waals surface area contributed by atoms with Crippen molar-refractivity contribution in [3.05, 3.63) is 88.0 Å². The highest BCUT2D eigenvalue weighted by atomic mass is 35.5. The number of halogens is 1. The molecule has 11 nitrogen and oxygen atoms in total. The first kappa shape index (κ1) is 68.7. The molecule has 7 atom stereocenters. The van der Waals surface area contributed by atoms with Crippen molar-refractivity contribution < 1.29 is 52.3 Å². The molecule has 12 heteroatoms. The number of carbonyl (C=O) groups is 4. The van der Waals surface area contributed by atoms with E-state index in [-0.39, 0.29) is 56.3 Å². The Morgan fingerprint density at radius 1 is 0.457 bits per heavy atom. The molecular weight excluding hydrogens is 1040 g/mol. The summed E-state index contributed by atoms with van der Waals surface area (Å²) in [5.41, 5.74) is 6.05. The summed E-state index contributed by atoms with van der Waals surface area (Å²) >= 11 is 5.76. The summed E-state index contributed by atoms with van der Waals surface area (Å²) in [6.45, 7) is 38.3. The standard InChI is InChI=1S/2C27H42O5.C15H21ClO/c2*1-9-18(4)23(15-24(28)32-27(6,7)8)26(29)31-16-30-25-21(17(2)3)11-10-12-22(25)19(5)20-13-14-20;1-10(2)13-5-4-6-14(15(13)17-9-16)11(3)12-7-8-12/h2*10-12,17-20,23H,9,13-16H2,1-8H3;4-6,10-12H,7-9H2,1-3H3/t2*18?,19-,23+;11-/m111/s1. The Kier molecular flexibility index (Phi) is 27.0. The number of rotatable bonds is 27. The number of alkyl halides is 1. The third-order valence-electron chi connectivity index (χ3n) is 16.4. The first-order chi connectivity index (χ1) is 38.0. The Hall–Kier alpha value is -4.77. The van der Waals surface area contributed by atoms with Crippen LogP contribution in [0.3, 0.4) is 0 Å². The van der Waals surface area contributed by atoms with E-state index < -0.39 is 35.0 Å². The fourth-order valence-electron chi connectivity index (χ4n) is 10.5. The Balaban J connectivity index is 0.000000274. The summed E-state index contributed by atoms with van der Waals surface area (Å²) in [5.74, 6) is 4.74. The molecule has 0 aliphatic heterocycles. The van der Waals surface area contributed by atoms with Crippen LogP contribution in [0.25, 0.3) is 0 Å². The maximum atomic E-state index is 12.9. The van der Waals surface area contributed by atoms with Crippen molar-refractivity contribution in [1.29, 1.82) is 0 Å². The van der Waals surface area contributed by atoms with Gasteiger partial charge < -0.3 is 33.2 Å². The number of ether oxygens (including phenoxy) is 7. The summed E-state index contributed by atoms with van der Waals surface area (Å²) in [5, 5.41) is 0. The fraction of sp³-hybridized carbons (Fsp3) is 0.681. The van der Waals surface area contributed by atoms with E-state index >= 15 is 0 Å². The smallest absolute Gasteiger partial charge is 0.312 e. The highest BCUT2D eigenvalue weighted by Crippen LogP contribution is 2.49. The average molecular weight is 1150 g/mol. The molecule has 3 saturated carbocycles. The van der Waals surface area contributed by atoms with Gasteiger partial charge in [-0.25, -0.2) is 0 Å². The molecule has 0 heterocycles. The van der Waals surface area contributed by atoms with Crippen LogP contribution >= 0.6 is 11.6 Å². The second-order valence-corrected chi connectivity index (χ2v) is 26.6. The fourth-order valence-corrected chi connectivity index (χ4v) is 10.6. The zero-order chi connectivity index (χ0) is 60.5. The lowest BCUT2D eigenvalue weighted by molar-refractivity contribution is -0.166. The van der Waals surface area contributed by atoms with E-state index in [2.05, 4.69) is 117 Å². The lowest BCUT2D eigenvalue weighted by Gasteiger charge is -2.25. The summed E-state index contributed by atoms with van der Waals surface area (Å²) in [6.07, 6.45) is 9.28. The Morgan fingerprint density at radius 2 is 0.728 bits per heavy atom. The van der Waals surface area contributed by atoms with E-state index in [9.17, 15) is 19.2 Å². The van der Waals surface area contributed by atoms with E-state index in [0.29, 0.717) is 47.3 Å². The first-order valence-electron chi connectivity index (χ1n) is 30.6. The summed E-state index contributed by atoms with van der Waals surface area (Å²) in [4.78, 5) is 50.4. The summed E-state index contributed by atoms with van der Waals surface area (Å²) in [7, 11) is 0. The molecule has 0 N–H and O–H groups in total. The van der Waals surface area contributed by atoms with Gasteiger partial charge in [-0.1, -0.05) is 169 Å². The van der Waals surface area contributed by atoms with Crippen molar-refractivity contribution in [2.75, 3.05) is 19.7 Å². The SMILES string of the molecule is CC(C)c1cccc([C@H](C)C2CC2)c1OCCl.CCC(C)[C@H](CC(=O)OC(C)(C)C)C(=O)OCOc1c(C(C)C)cccc1[C@H](C)C1CC1.CCC(C)[C@H](CC(=O)OC(C)(C)C)C(=O)OCOc1c(C(C)C)cccc1[C@H](C)C1CC1. The van der Waals surface area contributed by atoms with Crippen molar-refractivity contribution in [3.63, 3.8) is 0 Å². The third kappa shape index (κ3) is 22.1. The maximum Gasteiger partial charge on any atom is 0.312 e. The molecule has 81 heavy (non-hydrogen) atoms. The maximum absolute atomic E-state index is 12.9. The Bertz CT molecular complexity index is 2320. The largest absolute Gasteiger partial charge is 0.477 e. The molecule has 0 saturated heterocycles. The van der Waals surface area contributed by atoms with Gasteiger partial charge in [-0.2, -0.15) is 0 Å². The van der Waals surface area contributed by atoms with Crippen LogP contribution in [0.1, 0.15) is 265 Å². The van der Waals surface area contributed by atoms with Crippen LogP contribution in [0.2, 0.25) is 0 Å². The van der Waals surface area contributed by atoms with Crippen LogP contribution in [-0.4, -0.2) is 54.7 Å². The highest BCUT2D eigenvalue weighted by Gasteiger charge is 2.36. The van der Waals surface area contributed by atoms with E-state index in [0.717, 1.165) is 47.1 Å². The van der Waals surface area contributed by atoms with Gasteiger partial charge in [-0.15, -0.1) is 0 Å². The molecule has 0 bridgehead atoms. The second-order valence-electron chi connectivity index (χ2n) is 26.4. The highest BCUT2D eigenvalue weighted by molar-refractivity contribution is 6.17. The van der Waals surface area contributed by atoms with Gasteiger partial charge in [0, 0.05) is 0 Å². The average Bonchev–Trinajstić information content (AvgIpc) is 4.24. The van der Waals surface area contributed by atoms with Crippen LogP contribution in [0, 0.1) is 41.4 Å². The molecule has 0 aromatic heterocycles. The van der Waals surface area contributed by atoms with Gasteiger partial charge in [0.15, 0.2) is 6.07 Å². The van der Waals surface area contributed by atoms with Gasteiger partial charge in [0.2, 0.25) is 13.6 Å². The molecule has 0 amide bonds. The van der Waals surface area contributed by atoms with Gasteiger partial charge in [0.1, 0.15) is 28.5 Å². The molecule has 3 aromatic carbocycles. The third-order valence-corrected chi connectivity index (χ3v) is 16.6. The summed E-state index contributed by atoms with van der Waals surface area (Å²) < 4.78 is 39.8. The number of para-hydroxylation sites is 3. The van der Waals surface area contributed by atoms with E-state index in [1.165, 1.54) is 60.8 Å². The van der Waals surface area contributed by atoms with Crippen LogP contribution in [0.5, 0.6) is 17.2 Å². The number of esters is 4. The van der Waals surface area contributed by atoms with Gasteiger partial charge in [0.05, 0.1) is 24.7 Å². The number of hydrogen-bond donors (Lipinski definition) is 0. The van der Waals surface area contributed by atoms with Crippen LogP contribution < -0.4 is 14.2 Å². The molecular formula is C69H105ClO11. The molecule has 2 unspecified atom stereocenters. The zero-order valence-corrected chi connectivity index (χ0v) is 54.0. The Morgan fingerprint density at radius 3 is 0.963 bits per heavy atom. The predicted octanol–water partition coefficient (Wildman–Crippen LogP) is 18.1. The normalized spacial score (nSPS) is 17.0. The van der Waals surface area contributed by atoms with Gasteiger partial charge in [0.25, 0.3) is 0 Å². The minimum atomic E-state index is -0.584. The van der Waals surface area contributed by atoms with Crippen LogP contribution in [-0.2, 0) is 38.1 Å². The van der Waals surface area contributed by atoms with Gasteiger partial charge >= 0.3 is 23.9 Å². The van der Waals surface area contributed by atoms with Crippen molar-refractivity contribution in [3.8, 4) is 17.2 Å². The number of carbonyl (C=O) groups excluding carboxylic acids is 4. The van der Waals surface area contributed by atoms with Crippen molar-refractivity contribution in [1.82, 2.24) is 0 Å². The first-order valence-corrected chi connectivity index (χ1v) is 31.2. The second kappa shape index (κ2) is 31.8. The minimum absolute atomic E-state index is 0.00317. The monoisotopic (exact) mass is 1140 g/mol. The quantitative estimate of drug-likeness (QED) is 0.0313. The molecule has 3 fully saturated rings. The lowest BCUT2D eigenvalue weighted by atomic mass is 9.89. The summed E-state index contributed by atoms with van der Waals surface area (Å²) in [6, 6.07) is 19.3. The van der Waals surface area contributed by atoms with E-state index in [1.54, 1.807) is 0 Å². The molecule has 3 aromatic rings. The molecule has 6 rings (SSSR count). The molecule has 3 aliphatic rings. The number of hydrogen-bond acceptors (Lipinski definition) is 11. The van der Waals surface area contributed by atoms with Crippen LogP contribution in [0.15, 0.2) is 54.6 Å². The van der Waals surface area contributed by atoms with E-state index in [4.69, 9.17) is 44.8 Å². The number of benzene rings is 3. The van der Waals surface area contributed by atoms with Crippen molar-refractivity contribution in [2.24, 2.45) is 41.4 Å². The molecule has 3 aliphatic carbocycles. The van der Waals surface area contributed by atoms with Gasteiger partial charge in [-0.05, 0) is 179 Å². The lowest BCUT2D eigenvalue weighted by Crippen LogP contribution is -2.31. The van der Waals surface area contributed by atoms with Gasteiger partial charge in [-0.3, -0.25) is 19.2 Å². The Labute approximate surface area is 494 Å². The zero-order valence-electron chi connectivity index (χ0n) is 53.3. The van der Waals surface area contributed by atoms with Crippen LogP contribution in [0.4, 0.5) is 0 Å². The molecule has 0 radical (unpaired) electrons. The minimum Gasteiger partial charge on any atom is -0.477 e. The van der Waals surface area contributed by atoms with Crippen molar-refractivity contribution >= 4 is 35.5 Å².